The number of fused-ring (bicyclic) bond motifs is 1. The van der Waals surface area contributed by atoms with Crippen LogP contribution < -0.4 is 4.74 Å². The highest BCUT2D eigenvalue weighted by Gasteiger charge is 2.11. The number of aliphatic hydroxyl groups excluding tert-OH is 1. The SMILES string of the molecule is COc1ccc2[nH]cc(CCN(O)C(=O)CO)c2c1. The molecule has 0 aliphatic heterocycles. The summed E-state index contributed by atoms with van der Waals surface area (Å²) in [6, 6.07) is 5.67. The molecule has 19 heavy (non-hydrogen) atoms. The van der Waals surface area contributed by atoms with Crippen LogP contribution in [0.3, 0.4) is 0 Å². The van der Waals surface area contributed by atoms with Crippen molar-refractivity contribution in [1.29, 1.82) is 0 Å². The van der Waals surface area contributed by atoms with Crippen molar-refractivity contribution in [2.75, 3.05) is 20.3 Å². The third-order valence-electron chi connectivity index (χ3n) is 2.99. The lowest BCUT2D eigenvalue weighted by Crippen LogP contribution is -2.31. The second kappa shape index (κ2) is 5.73. The zero-order valence-electron chi connectivity index (χ0n) is 10.6. The number of H-pyrrole nitrogens is 1. The average Bonchev–Trinajstić information content (AvgIpc) is 2.85. The molecule has 0 aliphatic carbocycles. The average molecular weight is 264 g/mol. The first-order valence-corrected chi connectivity index (χ1v) is 5.90. The van der Waals surface area contributed by atoms with Gasteiger partial charge >= 0.3 is 0 Å². The van der Waals surface area contributed by atoms with Crippen LogP contribution in [-0.4, -0.2) is 46.5 Å². The van der Waals surface area contributed by atoms with Gasteiger partial charge in [-0.25, -0.2) is 5.06 Å². The minimum absolute atomic E-state index is 0.129. The first-order valence-electron chi connectivity index (χ1n) is 5.90. The van der Waals surface area contributed by atoms with Gasteiger partial charge in [0.05, 0.1) is 13.7 Å². The molecule has 0 unspecified atom stereocenters. The molecular weight excluding hydrogens is 248 g/mol. The van der Waals surface area contributed by atoms with Gasteiger partial charge in [0.25, 0.3) is 5.91 Å². The monoisotopic (exact) mass is 264 g/mol. The van der Waals surface area contributed by atoms with Gasteiger partial charge in [-0.3, -0.25) is 10.0 Å². The Morgan fingerprint density at radius 2 is 2.26 bits per heavy atom. The molecule has 0 fully saturated rings. The normalized spacial score (nSPS) is 10.7. The predicted molar refractivity (Wildman–Crippen MR) is 69.1 cm³/mol. The maximum atomic E-state index is 11.0. The van der Waals surface area contributed by atoms with Gasteiger partial charge in [0, 0.05) is 17.1 Å². The number of hydroxylamine groups is 2. The lowest BCUT2D eigenvalue weighted by Gasteiger charge is -2.12. The summed E-state index contributed by atoms with van der Waals surface area (Å²) in [6.45, 7) is -0.568. The van der Waals surface area contributed by atoms with Crippen molar-refractivity contribution < 1.29 is 19.8 Å². The van der Waals surface area contributed by atoms with Crippen LogP contribution in [0.2, 0.25) is 0 Å². The fourth-order valence-electron chi connectivity index (χ4n) is 1.92. The predicted octanol–water partition coefficient (Wildman–Crippen LogP) is 0.929. The van der Waals surface area contributed by atoms with E-state index in [4.69, 9.17) is 9.84 Å². The molecular formula is C13H16N2O4. The number of aliphatic hydroxyl groups is 1. The smallest absolute Gasteiger partial charge is 0.271 e. The van der Waals surface area contributed by atoms with Gasteiger partial charge < -0.3 is 14.8 Å². The molecule has 102 valence electrons. The summed E-state index contributed by atoms with van der Waals surface area (Å²) >= 11 is 0. The van der Waals surface area contributed by atoms with Crippen LogP contribution in [0.4, 0.5) is 0 Å². The van der Waals surface area contributed by atoms with E-state index in [1.54, 1.807) is 7.11 Å². The Balaban J connectivity index is 2.14. The van der Waals surface area contributed by atoms with E-state index in [1.165, 1.54) is 0 Å². The zero-order valence-corrected chi connectivity index (χ0v) is 10.6. The number of hydrogen-bond acceptors (Lipinski definition) is 4. The molecule has 6 nitrogen and oxygen atoms in total. The molecule has 1 amide bonds. The molecule has 0 atom stereocenters. The molecule has 0 saturated heterocycles. The number of carbonyl (C=O) groups is 1. The van der Waals surface area contributed by atoms with E-state index in [9.17, 15) is 10.0 Å². The van der Waals surface area contributed by atoms with E-state index >= 15 is 0 Å². The molecule has 1 heterocycles. The number of rotatable bonds is 5. The van der Waals surface area contributed by atoms with Crippen molar-refractivity contribution >= 4 is 16.8 Å². The molecule has 0 bridgehead atoms. The van der Waals surface area contributed by atoms with Crippen LogP contribution in [0.5, 0.6) is 5.75 Å². The highest BCUT2D eigenvalue weighted by molar-refractivity contribution is 5.84. The van der Waals surface area contributed by atoms with Crippen LogP contribution in [0, 0.1) is 0 Å². The number of aromatic nitrogens is 1. The van der Waals surface area contributed by atoms with Crippen LogP contribution in [0.1, 0.15) is 5.56 Å². The number of methoxy groups -OCH3 is 1. The number of benzene rings is 1. The van der Waals surface area contributed by atoms with E-state index in [-0.39, 0.29) is 6.54 Å². The van der Waals surface area contributed by atoms with E-state index in [0.717, 1.165) is 22.2 Å². The van der Waals surface area contributed by atoms with Crippen LogP contribution in [0.25, 0.3) is 10.9 Å². The molecule has 3 N–H and O–H groups in total. The molecule has 0 spiro atoms. The van der Waals surface area contributed by atoms with Gasteiger partial charge in [0.1, 0.15) is 12.4 Å². The summed E-state index contributed by atoms with van der Waals surface area (Å²) in [4.78, 5) is 14.1. The second-order valence-corrected chi connectivity index (χ2v) is 4.15. The van der Waals surface area contributed by atoms with Crippen molar-refractivity contribution in [3.05, 3.63) is 30.0 Å². The third-order valence-corrected chi connectivity index (χ3v) is 2.99. The molecule has 2 aromatic rings. The number of ether oxygens (including phenoxy) is 1. The quantitative estimate of drug-likeness (QED) is 0.554. The Bertz CT molecular complexity index is 579. The number of carbonyl (C=O) groups excluding carboxylic acids is 1. The third kappa shape index (κ3) is 2.86. The van der Waals surface area contributed by atoms with Gasteiger partial charge in [-0.2, -0.15) is 0 Å². The first kappa shape index (κ1) is 13.4. The van der Waals surface area contributed by atoms with Gasteiger partial charge in [-0.15, -0.1) is 0 Å². The van der Waals surface area contributed by atoms with Gasteiger partial charge in [0.2, 0.25) is 0 Å². The summed E-state index contributed by atoms with van der Waals surface area (Å²) in [5, 5.41) is 19.5. The lowest BCUT2D eigenvalue weighted by molar-refractivity contribution is -0.168. The number of aromatic amines is 1. The highest BCUT2D eigenvalue weighted by Crippen LogP contribution is 2.23. The van der Waals surface area contributed by atoms with Crippen LogP contribution in [-0.2, 0) is 11.2 Å². The molecule has 1 aromatic carbocycles. The maximum Gasteiger partial charge on any atom is 0.271 e. The van der Waals surface area contributed by atoms with Gasteiger partial charge in [-0.1, -0.05) is 0 Å². The van der Waals surface area contributed by atoms with Crippen molar-refractivity contribution in [2.24, 2.45) is 0 Å². The lowest BCUT2D eigenvalue weighted by atomic mass is 10.1. The van der Waals surface area contributed by atoms with Crippen molar-refractivity contribution in [3.8, 4) is 5.75 Å². The Labute approximate surface area is 110 Å². The Hall–Kier alpha value is -2.05. The summed E-state index contributed by atoms with van der Waals surface area (Å²) < 4.78 is 5.17. The largest absolute Gasteiger partial charge is 0.497 e. The van der Waals surface area contributed by atoms with Crippen molar-refractivity contribution in [1.82, 2.24) is 10.0 Å². The Kier molecular flexibility index (Phi) is 4.03. The molecule has 0 aliphatic rings. The minimum Gasteiger partial charge on any atom is -0.497 e. The fourth-order valence-corrected chi connectivity index (χ4v) is 1.92. The van der Waals surface area contributed by atoms with Crippen LogP contribution in [0.15, 0.2) is 24.4 Å². The topological polar surface area (TPSA) is 85.8 Å². The van der Waals surface area contributed by atoms with Gasteiger partial charge in [0.15, 0.2) is 0 Å². The summed E-state index contributed by atoms with van der Waals surface area (Å²) in [7, 11) is 1.60. The van der Waals surface area contributed by atoms with Crippen LogP contribution >= 0.6 is 0 Å². The first-order chi connectivity index (χ1) is 9.15. The maximum absolute atomic E-state index is 11.0. The molecule has 2 rings (SSSR count). The Morgan fingerprint density at radius 1 is 1.47 bits per heavy atom. The van der Waals surface area contributed by atoms with Gasteiger partial charge in [-0.05, 0) is 30.2 Å². The highest BCUT2D eigenvalue weighted by atomic mass is 16.5. The summed E-state index contributed by atoms with van der Waals surface area (Å²) in [5.74, 6) is 0.0399. The van der Waals surface area contributed by atoms with E-state index in [0.29, 0.717) is 11.5 Å². The zero-order chi connectivity index (χ0) is 13.8. The fraction of sp³-hybridized carbons (Fsp3) is 0.308. The standard InChI is InChI=1S/C13H16N2O4/c1-19-10-2-3-12-11(6-10)9(7-14-12)4-5-15(18)13(17)8-16/h2-3,6-7,14,16,18H,4-5,8H2,1H3. The minimum atomic E-state index is -0.711. The number of nitrogens with one attached hydrogen (secondary N) is 1. The van der Waals surface area contributed by atoms with Crippen molar-refractivity contribution in [3.63, 3.8) is 0 Å². The Morgan fingerprint density at radius 3 is 2.95 bits per heavy atom. The molecule has 1 aromatic heterocycles. The molecule has 0 saturated carbocycles. The summed E-state index contributed by atoms with van der Waals surface area (Å²) in [6.07, 6.45) is 2.32. The summed E-state index contributed by atoms with van der Waals surface area (Å²) in [5.41, 5.74) is 1.94. The van der Waals surface area contributed by atoms with E-state index in [2.05, 4.69) is 4.98 Å². The molecule has 6 heteroatoms. The second-order valence-electron chi connectivity index (χ2n) is 4.15. The van der Waals surface area contributed by atoms with E-state index in [1.807, 2.05) is 24.4 Å². The number of hydrogen-bond donors (Lipinski definition) is 3. The van der Waals surface area contributed by atoms with Crippen molar-refractivity contribution in [2.45, 2.75) is 6.42 Å². The van der Waals surface area contributed by atoms with E-state index < -0.39 is 12.5 Å². The number of nitrogens with zero attached hydrogens (tertiary/aromatic N) is 1. The number of amides is 1. The molecule has 0 radical (unpaired) electrons.